The molecule has 0 aromatic heterocycles. The highest BCUT2D eigenvalue weighted by Gasteiger charge is 2.56. The van der Waals surface area contributed by atoms with Gasteiger partial charge < -0.3 is 9.05 Å². The Morgan fingerprint density at radius 1 is 1.10 bits per heavy atom. The highest BCUT2D eigenvalue weighted by atomic mass is 31.2. The Morgan fingerprint density at radius 2 is 1.71 bits per heavy atom. The molecule has 172 valence electrons. The first-order chi connectivity index (χ1) is 14.8. The van der Waals surface area contributed by atoms with Gasteiger partial charge in [-0.05, 0) is 58.9 Å². The molecule has 2 atom stereocenters. The molecule has 1 aromatic rings. The maximum absolute atomic E-state index is 14.1. The fourth-order valence-electron chi connectivity index (χ4n) is 3.68. The van der Waals surface area contributed by atoms with Crippen LogP contribution in [0.15, 0.2) is 60.7 Å². The second kappa shape index (κ2) is 13.6. The highest BCUT2D eigenvalue weighted by Crippen LogP contribution is 2.64. The van der Waals surface area contributed by atoms with Crippen LogP contribution >= 0.6 is 7.60 Å². The summed E-state index contributed by atoms with van der Waals surface area (Å²) in [6, 6.07) is 9.85. The number of rotatable bonds is 15. The third kappa shape index (κ3) is 7.42. The average molecular weight is 447 g/mol. The molecule has 1 rings (SSSR count). The Hall–Kier alpha value is -1.74. The van der Waals surface area contributed by atoms with Gasteiger partial charge in [0.25, 0.3) is 0 Å². The second-order valence-corrected chi connectivity index (χ2v) is 10.2. The van der Waals surface area contributed by atoms with Crippen LogP contribution in [0.25, 0.3) is 6.08 Å². The van der Waals surface area contributed by atoms with Gasteiger partial charge in [0.1, 0.15) is 5.16 Å². The van der Waals surface area contributed by atoms with Gasteiger partial charge in [-0.1, -0.05) is 67.1 Å². The van der Waals surface area contributed by atoms with Crippen LogP contribution in [0.3, 0.4) is 0 Å². The van der Waals surface area contributed by atoms with Crippen molar-refractivity contribution < 1.29 is 18.4 Å². The SMILES string of the molecule is C=CCC(C/C=C/c1ccccc1)(C(=O)C(CC)CC=C(C)C)P(=O)(OCC)OCC. The molecule has 0 N–H and O–H groups in total. The molecule has 4 nitrogen and oxygen atoms in total. The zero-order valence-corrected chi connectivity index (χ0v) is 20.7. The van der Waals surface area contributed by atoms with E-state index in [1.54, 1.807) is 19.9 Å². The molecule has 1 aromatic carbocycles. The van der Waals surface area contributed by atoms with Gasteiger partial charge >= 0.3 is 7.60 Å². The van der Waals surface area contributed by atoms with E-state index in [1.807, 2.05) is 63.3 Å². The van der Waals surface area contributed by atoms with Gasteiger partial charge in [0.05, 0.1) is 13.2 Å². The van der Waals surface area contributed by atoms with Crippen molar-refractivity contribution in [3.8, 4) is 0 Å². The lowest BCUT2D eigenvalue weighted by molar-refractivity contribution is -0.126. The lowest BCUT2D eigenvalue weighted by atomic mass is 9.83. The molecule has 0 heterocycles. The van der Waals surface area contributed by atoms with E-state index in [-0.39, 0.29) is 37.8 Å². The van der Waals surface area contributed by atoms with Crippen LogP contribution < -0.4 is 0 Å². The largest absolute Gasteiger partial charge is 0.344 e. The molecule has 0 spiro atoms. The maximum atomic E-state index is 14.1. The highest BCUT2D eigenvalue weighted by molar-refractivity contribution is 7.56. The summed E-state index contributed by atoms with van der Waals surface area (Å²) < 4.78 is 25.6. The van der Waals surface area contributed by atoms with Gasteiger partial charge in [0, 0.05) is 5.92 Å². The van der Waals surface area contributed by atoms with Crippen molar-refractivity contribution in [3.63, 3.8) is 0 Å². The van der Waals surface area contributed by atoms with Crippen LogP contribution in [0.2, 0.25) is 0 Å². The fraction of sp³-hybridized carbons (Fsp3) is 0.500. The van der Waals surface area contributed by atoms with Crippen molar-refractivity contribution >= 4 is 19.5 Å². The summed E-state index contributed by atoms with van der Waals surface area (Å²) in [5, 5.41) is -1.30. The Balaban J connectivity index is 3.52. The molecule has 0 saturated carbocycles. The molecule has 0 radical (unpaired) electrons. The molecule has 0 aliphatic carbocycles. The van der Waals surface area contributed by atoms with Crippen molar-refractivity contribution in [1.29, 1.82) is 0 Å². The topological polar surface area (TPSA) is 52.6 Å². The lowest BCUT2D eigenvalue weighted by Gasteiger charge is -2.38. The van der Waals surface area contributed by atoms with Crippen LogP contribution in [-0.4, -0.2) is 24.2 Å². The number of hydrogen-bond donors (Lipinski definition) is 0. The molecular weight excluding hydrogens is 407 g/mol. The summed E-state index contributed by atoms with van der Waals surface area (Å²) in [5.74, 6) is -0.343. The summed E-state index contributed by atoms with van der Waals surface area (Å²) in [6.07, 6.45) is 9.34. The van der Waals surface area contributed by atoms with Crippen molar-refractivity contribution in [2.45, 2.75) is 65.5 Å². The minimum Gasteiger partial charge on any atom is -0.308 e. The predicted molar refractivity (Wildman–Crippen MR) is 131 cm³/mol. The van der Waals surface area contributed by atoms with E-state index in [0.717, 1.165) is 11.1 Å². The molecular formula is C26H39O4P. The molecule has 31 heavy (non-hydrogen) atoms. The van der Waals surface area contributed by atoms with E-state index in [9.17, 15) is 9.36 Å². The van der Waals surface area contributed by atoms with Crippen molar-refractivity contribution in [1.82, 2.24) is 0 Å². The van der Waals surface area contributed by atoms with E-state index in [4.69, 9.17) is 9.05 Å². The third-order valence-electron chi connectivity index (χ3n) is 5.30. The first-order valence-corrected chi connectivity index (χ1v) is 12.7. The smallest absolute Gasteiger partial charge is 0.308 e. The summed E-state index contributed by atoms with van der Waals surface area (Å²) in [6.45, 7) is 13.8. The summed E-state index contributed by atoms with van der Waals surface area (Å²) in [5.41, 5.74) is 2.17. The van der Waals surface area contributed by atoms with Crippen LogP contribution in [-0.2, 0) is 18.4 Å². The number of ketones is 1. The Labute approximate surface area is 189 Å². The monoisotopic (exact) mass is 446 g/mol. The number of allylic oxidation sites excluding steroid dienone is 4. The fourth-order valence-corrected chi connectivity index (χ4v) is 6.06. The quantitative estimate of drug-likeness (QED) is 0.205. The first kappa shape index (κ1) is 27.3. The first-order valence-electron chi connectivity index (χ1n) is 11.2. The van der Waals surface area contributed by atoms with Gasteiger partial charge in [0.15, 0.2) is 5.78 Å². The minimum atomic E-state index is -3.76. The zero-order valence-electron chi connectivity index (χ0n) is 19.8. The van der Waals surface area contributed by atoms with Gasteiger partial charge in [0.2, 0.25) is 0 Å². The molecule has 0 saturated heterocycles. The van der Waals surface area contributed by atoms with Gasteiger partial charge in [-0.15, -0.1) is 6.58 Å². The summed E-state index contributed by atoms with van der Waals surface area (Å²) >= 11 is 0. The summed E-state index contributed by atoms with van der Waals surface area (Å²) in [7, 11) is -3.76. The van der Waals surface area contributed by atoms with E-state index in [2.05, 4.69) is 12.7 Å². The molecule has 0 aliphatic rings. The van der Waals surface area contributed by atoms with Gasteiger partial charge in [-0.25, -0.2) is 0 Å². The normalized spacial score (nSPS) is 14.7. The van der Waals surface area contributed by atoms with Crippen molar-refractivity contribution in [2.24, 2.45) is 5.92 Å². The second-order valence-electron chi connectivity index (χ2n) is 7.86. The van der Waals surface area contributed by atoms with E-state index < -0.39 is 12.8 Å². The molecule has 0 amide bonds. The average Bonchev–Trinajstić information content (AvgIpc) is 2.74. The molecule has 2 unspecified atom stereocenters. The Bertz CT molecular complexity index is 783. The number of hydrogen-bond acceptors (Lipinski definition) is 4. The Morgan fingerprint density at radius 3 is 2.19 bits per heavy atom. The number of benzene rings is 1. The van der Waals surface area contributed by atoms with Gasteiger partial charge in [-0.2, -0.15) is 0 Å². The molecule has 0 fully saturated rings. The molecule has 5 heteroatoms. The van der Waals surface area contributed by atoms with E-state index in [0.29, 0.717) is 12.8 Å². The maximum Gasteiger partial charge on any atom is 0.344 e. The van der Waals surface area contributed by atoms with Crippen LogP contribution in [0.5, 0.6) is 0 Å². The van der Waals surface area contributed by atoms with E-state index >= 15 is 0 Å². The Kier molecular flexibility index (Phi) is 12.0. The van der Waals surface area contributed by atoms with Crippen LogP contribution in [0, 0.1) is 5.92 Å². The molecule has 0 aliphatic heterocycles. The van der Waals surface area contributed by atoms with Crippen molar-refractivity contribution in [3.05, 3.63) is 66.3 Å². The van der Waals surface area contributed by atoms with Crippen LogP contribution in [0.4, 0.5) is 0 Å². The standard InChI is InChI=1S/C26H39O4P/c1-7-20-26(31(28,29-9-3)30-10-4,21-14-17-23-15-12-11-13-16-23)25(27)24(8-2)19-18-22(5)6/h7,11-18,24H,1,8-10,19-21H2,2-6H3/b17-14+. The number of carbonyl (C=O) groups excluding carboxylic acids is 1. The van der Waals surface area contributed by atoms with E-state index in [1.165, 1.54) is 0 Å². The number of Topliss-reactive ketones (excluding diaryl/α,β-unsaturated/α-hetero) is 1. The minimum absolute atomic E-state index is 0.0738. The predicted octanol–water partition coefficient (Wildman–Crippen LogP) is 7.62. The zero-order chi connectivity index (χ0) is 23.3. The van der Waals surface area contributed by atoms with Gasteiger partial charge in [-0.3, -0.25) is 9.36 Å². The molecule has 0 bridgehead atoms. The third-order valence-corrected chi connectivity index (χ3v) is 8.13. The summed E-state index contributed by atoms with van der Waals surface area (Å²) in [4.78, 5) is 14.0. The van der Waals surface area contributed by atoms with Crippen molar-refractivity contribution in [2.75, 3.05) is 13.2 Å². The lowest BCUT2D eigenvalue weighted by Crippen LogP contribution is -2.43. The number of carbonyl (C=O) groups is 1. The van der Waals surface area contributed by atoms with Crippen LogP contribution in [0.1, 0.15) is 65.9 Å².